The number of aliphatic hydroxyl groups is 1. The summed E-state index contributed by atoms with van der Waals surface area (Å²) in [7, 11) is 0. The van der Waals surface area contributed by atoms with Gasteiger partial charge in [-0.3, -0.25) is 4.79 Å². The van der Waals surface area contributed by atoms with Crippen molar-refractivity contribution < 1.29 is 19.4 Å². The van der Waals surface area contributed by atoms with Crippen molar-refractivity contribution in [3.8, 4) is 0 Å². The van der Waals surface area contributed by atoms with Crippen LogP contribution in [0.2, 0.25) is 0 Å². The summed E-state index contributed by atoms with van der Waals surface area (Å²) in [5.41, 5.74) is 0. The van der Waals surface area contributed by atoms with Gasteiger partial charge in [0.25, 0.3) is 0 Å². The number of hydrogen-bond donors (Lipinski definition) is 3. The number of carbonyl (C=O) groups is 1. The molecule has 1 heterocycles. The van der Waals surface area contributed by atoms with Gasteiger partial charge in [0.15, 0.2) is 0 Å². The Balaban J connectivity index is 1.96. The van der Waals surface area contributed by atoms with Crippen molar-refractivity contribution in [3.63, 3.8) is 0 Å². The summed E-state index contributed by atoms with van der Waals surface area (Å²) in [6, 6.07) is 0.251. The van der Waals surface area contributed by atoms with Gasteiger partial charge in [-0.15, -0.1) is 0 Å². The second-order valence-electron chi connectivity index (χ2n) is 4.37. The third-order valence-corrected chi connectivity index (χ3v) is 2.79. The molecule has 1 saturated heterocycles. The molecule has 1 aliphatic rings. The van der Waals surface area contributed by atoms with E-state index in [9.17, 15) is 9.90 Å². The molecule has 1 rings (SSSR count). The predicted molar refractivity (Wildman–Crippen MR) is 67.4 cm³/mol. The number of amides is 1. The lowest BCUT2D eigenvalue weighted by molar-refractivity contribution is -0.122. The van der Waals surface area contributed by atoms with E-state index in [-0.39, 0.29) is 11.9 Å². The molecule has 0 aromatic carbocycles. The first-order chi connectivity index (χ1) is 8.72. The van der Waals surface area contributed by atoms with Gasteiger partial charge in [0.2, 0.25) is 5.91 Å². The third-order valence-electron chi connectivity index (χ3n) is 2.79. The van der Waals surface area contributed by atoms with Crippen LogP contribution in [0.5, 0.6) is 0 Å². The van der Waals surface area contributed by atoms with Crippen LogP contribution in [0.3, 0.4) is 0 Å². The number of ether oxygens (including phenoxy) is 2. The van der Waals surface area contributed by atoms with E-state index < -0.39 is 6.10 Å². The maximum absolute atomic E-state index is 11.0. The molecule has 6 nitrogen and oxygen atoms in total. The Bertz CT molecular complexity index is 228. The molecule has 1 fully saturated rings. The van der Waals surface area contributed by atoms with Crippen LogP contribution in [0.15, 0.2) is 0 Å². The Labute approximate surface area is 108 Å². The average Bonchev–Trinajstić information content (AvgIpc) is 2.38. The summed E-state index contributed by atoms with van der Waals surface area (Å²) in [5.74, 6) is 0.104. The Hall–Kier alpha value is -0.690. The maximum Gasteiger partial charge on any atom is 0.220 e. The van der Waals surface area contributed by atoms with Crippen molar-refractivity contribution >= 4 is 5.91 Å². The molecule has 18 heavy (non-hydrogen) atoms. The molecule has 0 spiro atoms. The number of hydrogen-bond acceptors (Lipinski definition) is 5. The van der Waals surface area contributed by atoms with Gasteiger partial charge in [0.1, 0.15) is 0 Å². The number of rotatable bonds is 9. The second-order valence-corrected chi connectivity index (χ2v) is 4.37. The minimum absolute atomic E-state index is 0.104. The zero-order valence-electron chi connectivity index (χ0n) is 11.0. The highest BCUT2D eigenvalue weighted by Crippen LogP contribution is 2.02. The van der Waals surface area contributed by atoms with Gasteiger partial charge in [0, 0.05) is 32.2 Å². The highest BCUT2D eigenvalue weighted by atomic mass is 16.5. The summed E-state index contributed by atoms with van der Waals surface area (Å²) in [6.45, 7) is 5.10. The van der Waals surface area contributed by atoms with Crippen LogP contribution in [-0.2, 0) is 14.3 Å². The van der Waals surface area contributed by atoms with Crippen LogP contribution in [0.1, 0.15) is 19.8 Å². The smallest absolute Gasteiger partial charge is 0.220 e. The summed E-state index contributed by atoms with van der Waals surface area (Å²) in [5, 5.41) is 15.7. The van der Waals surface area contributed by atoms with Crippen LogP contribution in [-0.4, -0.2) is 62.7 Å². The van der Waals surface area contributed by atoms with E-state index in [1.807, 2.05) is 6.92 Å². The molecule has 0 aromatic rings. The number of piperidine rings is 1. The topological polar surface area (TPSA) is 79.8 Å². The normalized spacial score (nSPS) is 21.7. The molecule has 0 bridgehead atoms. The number of carbonyl (C=O) groups excluding carboxylic acids is 1. The zero-order valence-corrected chi connectivity index (χ0v) is 11.0. The van der Waals surface area contributed by atoms with Gasteiger partial charge in [-0.2, -0.15) is 0 Å². The predicted octanol–water partition coefficient (Wildman–Crippen LogP) is -0.731. The molecule has 6 heteroatoms. The molecular formula is C12H24N2O4. The minimum Gasteiger partial charge on any atom is -0.389 e. The van der Waals surface area contributed by atoms with E-state index in [1.54, 1.807) is 0 Å². The highest BCUT2D eigenvalue weighted by molar-refractivity contribution is 5.76. The van der Waals surface area contributed by atoms with Crippen LogP contribution in [0.25, 0.3) is 0 Å². The first kappa shape index (κ1) is 15.4. The van der Waals surface area contributed by atoms with Gasteiger partial charge in [-0.1, -0.05) is 0 Å². The Morgan fingerprint density at radius 1 is 1.50 bits per heavy atom. The quantitative estimate of drug-likeness (QED) is 0.476. The van der Waals surface area contributed by atoms with E-state index in [2.05, 4.69) is 10.6 Å². The zero-order chi connectivity index (χ0) is 13.2. The monoisotopic (exact) mass is 260 g/mol. The molecular weight excluding hydrogens is 236 g/mol. The molecule has 1 aliphatic heterocycles. The highest BCUT2D eigenvalue weighted by Gasteiger charge is 2.18. The van der Waals surface area contributed by atoms with Crippen molar-refractivity contribution in [1.29, 1.82) is 0 Å². The Morgan fingerprint density at radius 2 is 2.28 bits per heavy atom. The third kappa shape index (κ3) is 6.90. The lowest BCUT2D eigenvalue weighted by atomic mass is 10.1. The molecule has 0 radical (unpaired) electrons. The lowest BCUT2D eigenvalue weighted by Gasteiger charge is -2.24. The van der Waals surface area contributed by atoms with Gasteiger partial charge in [0.05, 0.1) is 25.9 Å². The molecule has 3 N–H and O–H groups in total. The molecule has 0 saturated carbocycles. The van der Waals surface area contributed by atoms with E-state index in [1.165, 1.54) is 0 Å². The van der Waals surface area contributed by atoms with E-state index in [4.69, 9.17) is 9.47 Å². The van der Waals surface area contributed by atoms with Crippen molar-refractivity contribution in [2.24, 2.45) is 0 Å². The van der Waals surface area contributed by atoms with Crippen molar-refractivity contribution in [2.45, 2.75) is 31.9 Å². The van der Waals surface area contributed by atoms with E-state index >= 15 is 0 Å². The second kappa shape index (κ2) is 9.27. The van der Waals surface area contributed by atoms with E-state index in [0.29, 0.717) is 45.9 Å². The van der Waals surface area contributed by atoms with Crippen LogP contribution < -0.4 is 10.6 Å². The first-order valence-corrected chi connectivity index (χ1v) is 6.56. The lowest BCUT2D eigenvalue weighted by Crippen LogP contribution is -2.48. The SMILES string of the molecule is CCOCCOCC(O)CNC1CCC(=O)NC1. The maximum atomic E-state index is 11.0. The fourth-order valence-corrected chi connectivity index (χ4v) is 1.75. The summed E-state index contributed by atoms with van der Waals surface area (Å²) in [6.07, 6.45) is 0.854. The fourth-order valence-electron chi connectivity index (χ4n) is 1.75. The Kier molecular flexibility index (Phi) is 7.91. The molecule has 2 atom stereocenters. The van der Waals surface area contributed by atoms with Crippen molar-refractivity contribution in [1.82, 2.24) is 10.6 Å². The largest absolute Gasteiger partial charge is 0.389 e. The van der Waals surface area contributed by atoms with Crippen LogP contribution >= 0.6 is 0 Å². The van der Waals surface area contributed by atoms with Crippen LogP contribution in [0.4, 0.5) is 0 Å². The first-order valence-electron chi connectivity index (χ1n) is 6.56. The van der Waals surface area contributed by atoms with Crippen LogP contribution in [0, 0.1) is 0 Å². The average molecular weight is 260 g/mol. The minimum atomic E-state index is -0.524. The van der Waals surface area contributed by atoms with Gasteiger partial charge >= 0.3 is 0 Å². The molecule has 0 aliphatic carbocycles. The Morgan fingerprint density at radius 3 is 2.94 bits per heavy atom. The van der Waals surface area contributed by atoms with Crippen molar-refractivity contribution in [2.75, 3.05) is 39.5 Å². The van der Waals surface area contributed by atoms with Gasteiger partial charge in [-0.05, 0) is 13.3 Å². The summed E-state index contributed by atoms with van der Waals surface area (Å²) in [4.78, 5) is 11.0. The van der Waals surface area contributed by atoms with E-state index in [0.717, 1.165) is 6.42 Å². The molecule has 0 aromatic heterocycles. The molecule has 2 unspecified atom stereocenters. The number of aliphatic hydroxyl groups excluding tert-OH is 1. The van der Waals surface area contributed by atoms with Gasteiger partial charge < -0.3 is 25.2 Å². The summed E-state index contributed by atoms with van der Waals surface area (Å²) < 4.78 is 10.4. The molecule has 1 amide bonds. The number of nitrogens with one attached hydrogen (secondary N) is 2. The summed E-state index contributed by atoms with van der Waals surface area (Å²) >= 11 is 0. The van der Waals surface area contributed by atoms with Crippen molar-refractivity contribution in [3.05, 3.63) is 0 Å². The van der Waals surface area contributed by atoms with Gasteiger partial charge in [-0.25, -0.2) is 0 Å². The fraction of sp³-hybridized carbons (Fsp3) is 0.917. The molecule has 106 valence electrons. The standard InChI is InChI=1S/C12H24N2O4/c1-2-17-5-6-18-9-11(15)8-13-10-3-4-12(16)14-7-10/h10-11,13,15H,2-9H2,1H3,(H,14,16).